The molecule has 8 heteroatoms. The molecule has 0 saturated heterocycles. The standard InChI is InChI=1S/C21H22N2O6/c1-12(24)23-17(13-5-7-14(8-6-13)21(25)26)11-16(22-23)15-9-18(27-2)20(29-4)19(10-15)28-3/h5-10,17H,11H2,1-4H3,(H,25,26)/t17-/m0/s1. The van der Waals surface area contributed by atoms with Crippen LogP contribution in [0.5, 0.6) is 17.2 Å². The predicted molar refractivity (Wildman–Crippen MR) is 106 cm³/mol. The highest BCUT2D eigenvalue weighted by atomic mass is 16.5. The summed E-state index contributed by atoms with van der Waals surface area (Å²) in [5, 5.41) is 15.0. The molecule has 8 nitrogen and oxygen atoms in total. The summed E-state index contributed by atoms with van der Waals surface area (Å²) in [6, 6.07) is 9.70. The summed E-state index contributed by atoms with van der Waals surface area (Å²) >= 11 is 0. The molecule has 1 aliphatic heterocycles. The van der Waals surface area contributed by atoms with Crippen LogP contribution < -0.4 is 14.2 Å². The zero-order chi connectivity index (χ0) is 21.1. The lowest BCUT2D eigenvalue weighted by molar-refractivity contribution is -0.130. The molecule has 1 amide bonds. The molecule has 0 radical (unpaired) electrons. The van der Waals surface area contributed by atoms with E-state index in [2.05, 4.69) is 5.10 Å². The summed E-state index contributed by atoms with van der Waals surface area (Å²) in [5.74, 6) is 0.253. The second kappa shape index (κ2) is 8.22. The number of amides is 1. The molecule has 1 N–H and O–H groups in total. The van der Waals surface area contributed by atoms with Gasteiger partial charge in [0.15, 0.2) is 11.5 Å². The molecule has 1 aliphatic rings. The number of aromatic carboxylic acids is 1. The van der Waals surface area contributed by atoms with Gasteiger partial charge in [0.2, 0.25) is 11.7 Å². The first-order chi connectivity index (χ1) is 13.9. The number of benzene rings is 2. The molecule has 29 heavy (non-hydrogen) atoms. The number of carbonyl (C=O) groups is 2. The van der Waals surface area contributed by atoms with Crippen molar-refractivity contribution in [2.45, 2.75) is 19.4 Å². The van der Waals surface area contributed by atoms with Gasteiger partial charge in [-0.2, -0.15) is 5.10 Å². The minimum Gasteiger partial charge on any atom is -0.493 e. The van der Waals surface area contributed by atoms with Crippen molar-refractivity contribution in [2.24, 2.45) is 5.10 Å². The molecule has 0 spiro atoms. The molecule has 1 atom stereocenters. The Morgan fingerprint density at radius 3 is 2.07 bits per heavy atom. The van der Waals surface area contributed by atoms with Crippen molar-refractivity contribution >= 4 is 17.6 Å². The third-order valence-electron chi connectivity index (χ3n) is 4.77. The third-order valence-corrected chi connectivity index (χ3v) is 4.77. The molecule has 2 aromatic rings. The molecule has 2 aromatic carbocycles. The van der Waals surface area contributed by atoms with E-state index in [4.69, 9.17) is 19.3 Å². The number of hydrogen-bond acceptors (Lipinski definition) is 6. The Labute approximate surface area is 168 Å². The van der Waals surface area contributed by atoms with Crippen molar-refractivity contribution in [1.82, 2.24) is 5.01 Å². The second-order valence-electron chi connectivity index (χ2n) is 6.47. The van der Waals surface area contributed by atoms with Crippen LogP contribution in [0, 0.1) is 0 Å². The molecule has 0 aliphatic carbocycles. The van der Waals surface area contributed by atoms with Crippen molar-refractivity contribution < 1.29 is 28.9 Å². The van der Waals surface area contributed by atoms with Gasteiger partial charge in [0.1, 0.15) is 0 Å². The highest BCUT2D eigenvalue weighted by Crippen LogP contribution is 2.40. The Hall–Kier alpha value is -3.55. The Balaban J connectivity index is 1.98. The van der Waals surface area contributed by atoms with Gasteiger partial charge >= 0.3 is 5.97 Å². The molecular formula is C21H22N2O6. The van der Waals surface area contributed by atoms with Gasteiger partial charge in [-0.15, -0.1) is 0 Å². The van der Waals surface area contributed by atoms with E-state index >= 15 is 0 Å². The van der Waals surface area contributed by atoms with Crippen LogP contribution >= 0.6 is 0 Å². The van der Waals surface area contributed by atoms with Crippen LogP contribution in [0.3, 0.4) is 0 Å². The largest absolute Gasteiger partial charge is 0.493 e. The van der Waals surface area contributed by atoms with Gasteiger partial charge in [-0.05, 0) is 29.8 Å². The number of carboxylic acids is 1. The van der Waals surface area contributed by atoms with Crippen LogP contribution in [0.4, 0.5) is 0 Å². The highest BCUT2D eigenvalue weighted by molar-refractivity contribution is 6.04. The molecular weight excluding hydrogens is 376 g/mol. The van der Waals surface area contributed by atoms with Crippen molar-refractivity contribution in [3.05, 3.63) is 53.1 Å². The topological polar surface area (TPSA) is 97.7 Å². The Morgan fingerprint density at radius 1 is 1.03 bits per heavy atom. The first kappa shape index (κ1) is 20.2. The minimum atomic E-state index is -0.999. The fraction of sp³-hybridized carbons (Fsp3) is 0.286. The summed E-state index contributed by atoms with van der Waals surface area (Å²) in [5.41, 5.74) is 2.42. The van der Waals surface area contributed by atoms with Gasteiger partial charge in [-0.25, -0.2) is 9.80 Å². The second-order valence-corrected chi connectivity index (χ2v) is 6.47. The minimum absolute atomic E-state index is 0.187. The molecule has 3 rings (SSSR count). The number of carboxylic acid groups (broad SMARTS) is 1. The molecule has 0 unspecified atom stereocenters. The third kappa shape index (κ3) is 3.87. The molecule has 152 valence electrons. The zero-order valence-electron chi connectivity index (χ0n) is 16.6. The Kier molecular flexibility index (Phi) is 5.72. The van der Waals surface area contributed by atoms with E-state index in [0.717, 1.165) is 11.1 Å². The number of hydrogen-bond donors (Lipinski definition) is 1. The summed E-state index contributed by atoms with van der Waals surface area (Å²) in [4.78, 5) is 23.3. The number of hydrazone groups is 1. The van der Waals surface area contributed by atoms with Crippen molar-refractivity contribution in [2.75, 3.05) is 21.3 Å². The lowest BCUT2D eigenvalue weighted by Gasteiger charge is -2.20. The van der Waals surface area contributed by atoms with E-state index in [1.165, 1.54) is 45.4 Å². The van der Waals surface area contributed by atoms with Crippen LogP contribution in [-0.2, 0) is 4.79 Å². The normalized spacial score (nSPS) is 15.7. The zero-order valence-corrected chi connectivity index (χ0v) is 16.6. The van der Waals surface area contributed by atoms with Crippen molar-refractivity contribution in [1.29, 1.82) is 0 Å². The van der Waals surface area contributed by atoms with Crippen LogP contribution in [-0.4, -0.2) is 49.0 Å². The van der Waals surface area contributed by atoms with Crippen LogP contribution in [0.25, 0.3) is 0 Å². The van der Waals surface area contributed by atoms with Gasteiger partial charge in [-0.3, -0.25) is 4.79 Å². The Morgan fingerprint density at radius 2 is 1.62 bits per heavy atom. The van der Waals surface area contributed by atoms with Crippen LogP contribution in [0.15, 0.2) is 41.5 Å². The van der Waals surface area contributed by atoms with Gasteiger partial charge < -0.3 is 19.3 Å². The van der Waals surface area contributed by atoms with Gasteiger partial charge in [0.25, 0.3) is 0 Å². The quantitative estimate of drug-likeness (QED) is 0.803. The average molecular weight is 398 g/mol. The molecule has 0 bridgehead atoms. The number of rotatable bonds is 6. The molecule has 0 saturated carbocycles. The number of carbonyl (C=O) groups excluding carboxylic acids is 1. The monoisotopic (exact) mass is 398 g/mol. The smallest absolute Gasteiger partial charge is 0.335 e. The first-order valence-electron chi connectivity index (χ1n) is 8.90. The number of nitrogens with zero attached hydrogens (tertiary/aromatic N) is 2. The van der Waals surface area contributed by atoms with E-state index in [-0.39, 0.29) is 17.5 Å². The molecule has 1 heterocycles. The van der Waals surface area contributed by atoms with E-state index in [0.29, 0.717) is 29.4 Å². The van der Waals surface area contributed by atoms with E-state index in [9.17, 15) is 9.59 Å². The number of methoxy groups -OCH3 is 3. The average Bonchev–Trinajstić information content (AvgIpc) is 3.18. The maximum atomic E-state index is 12.2. The summed E-state index contributed by atoms with van der Waals surface area (Å²) in [6.07, 6.45) is 0.463. The van der Waals surface area contributed by atoms with E-state index in [1.807, 2.05) is 0 Å². The fourth-order valence-corrected chi connectivity index (χ4v) is 3.33. The molecule has 0 aromatic heterocycles. The summed E-state index contributed by atoms with van der Waals surface area (Å²) < 4.78 is 16.2. The maximum absolute atomic E-state index is 12.2. The van der Waals surface area contributed by atoms with Gasteiger partial charge in [0.05, 0.1) is 38.6 Å². The van der Waals surface area contributed by atoms with E-state index in [1.54, 1.807) is 24.3 Å². The number of ether oxygens (including phenoxy) is 3. The first-order valence-corrected chi connectivity index (χ1v) is 8.90. The predicted octanol–water partition coefficient (Wildman–Crippen LogP) is 3.11. The molecule has 0 fully saturated rings. The van der Waals surface area contributed by atoms with Crippen LogP contribution in [0.2, 0.25) is 0 Å². The lowest BCUT2D eigenvalue weighted by Crippen LogP contribution is -2.24. The van der Waals surface area contributed by atoms with Crippen molar-refractivity contribution in [3.8, 4) is 17.2 Å². The fourth-order valence-electron chi connectivity index (χ4n) is 3.33. The van der Waals surface area contributed by atoms with E-state index < -0.39 is 5.97 Å². The van der Waals surface area contributed by atoms with Gasteiger partial charge in [0, 0.05) is 18.9 Å². The van der Waals surface area contributed by atoms with Crippen molar-refractivity contribution in [3.63, 3.8) is 0 Å². The summed E-state index contributed by atoms with van der Waals surface area (Å²) in [6.45, 7) is 1.44. The summed E-state index contributed by atoms with van der Waals surface area (Å²) in [7, 11) is 4.60. The highest BCUT2D eigenvalue weighted by Gasteiger charge is 2.32. The maximum Gasteiger partial charge on any atom is 0.335 e. The Bertz CT molecular complexity index is 943. The lowest BCUT2D eigenvalue weighted by atomic mass is 9.97. The van der Waals surface area contributed by atoms with Crippen LogP contribution in [0.1, 0.15) is 40.9 Å². The SMILES string of the molecule is COc1cc(C2=NN(C(C)=O)[C@H](c3ccc(C(=O)O)cc3)C2)cc(OC)c1OC. The van der Waals surface area contributed by atoms with Gasteiger partial charge in [-0.1, -0.05) is 12.1 Å².